The lowest BCUT2D eigenvalue weighted by molar-refractivity contribution is -0.133. The summed E-state index contributed by atoms with van der Waals surface area (Å²) in [5.74, 6) is 0.256. The van der Waals surface area contributed by atoms with Crippen LogP contribution in [0.3, 0.4) is 0 Å². The van der Waals surface area contributed by atoms with Crippen LogP contribution in [0.5, 0.6) is 0 Å². The summed E-state index contributed by atoms with van der Waals surface area (Å²) in [6.07, 6.45) is 9.48. The number of carbonyl (C=O) groups is 1. The number of hydrogen-bond acceptors (Lipinski definition) is 3. The highest BCUT2D eigenvalue weighted by molar-refractivity contribution is 5.77. The molecule has 0 aromatic carbocycles. The molecule has 0 radical (unpaired) electrons. The Morgan fingerprint density at radius 1 is 1.20 bits per heavy atom. The molecule has 2 aromatic rings. The number of likely N-dealkylation sites (tertiary alicyclic amines) is 1. The molecule has 0 aliphatic carbocycles. The van der Waals surface area contributed by atoms with Gasteiger partial charge in [-0.3, -0.25) is 14.5 Å². The monoisotopic (exact) mass is 340 g/mol. The van der Waals surface area contributed by atoms with Crippen LogP contribution in [0.1, 0.15) is 60.7 Å². The third-order valence-corrected chi connectivity index (χ3v) is 5.41. The average molecular weight is 340 g/mol. The number of aromatic nitrogens is 3. The molecular weight excluding hydrogens is 312 g/mol. The fraction of sp³-hybridized carbons (Fsp3) is 0.550. The fourth-order valence-corrected chi connectivity index (χ4v) is 3.89. The minimum Gasteiger partial charge on any atom is -0.336 e. The Morgan fingerprint density at radius 2 is 1.96 bits per heavy atom. The summed E-state index contributed by atoms with van der Waals surface area (Å²) in [7, 11) is 1.96. The summed E-state index contributed by atoms with van der Waals surface area (Å²) < 4.78 is 1.90. The minimum absolute atomic E-state index is 0.189. The van der Waals surface area contributed by atoms with Crippen LogP contribution in [0.15, 0.2) is 24.5 Å². The average Bonchev–Trinajstić information content (AvgIpc) is 2.81. The van der Waals surface area contributed by atoms with Gasteiger partial charge in [-0.05, 0) is 56.4 Å². The molecule has 134 valence electrons. The molecule has 1 aliphatic rings. The van der Waals surface area contributed by atoms with Gasteiger partial charge in [-0.15, -0.1) is 0 Å². The molecule has 3 rings (SSSR count). The van der Waals surface area contributed by atoms with E-state index in [1.54, 1.807) is 0 Å². The molecule has 0 N–H and O–H groups in total. The highest BCUT2D eigenvalue weighted by Gasteiger charge is 2.26. The summed E-state index contributed by atoms with van der Waals surface area (Å²) in [5.41, 5.74) is 4.62. The van der Waals surface area contributed by atoms with Crippen LogP contribution in [0.2, 0.25) is 0 Å². The van der Waals surface area contributed by atoms with Crippen molar-refractivity contribution in [3.63, 3.8) is 0 Å². The smallest absolute Gasteiger partial charge is 0.223 e. The van der Waals surface area contributed by atoms with Crippen molar-refractivity contribution in [1.29, 1.82) is 0 Å². The van der Waals surface area contributed by atoms with Gasteiger partial charge in [0.05, 0.1) is 11.7 Å². The minimum atomic E-state index is 0.189. The van der Waals surface area contributed by atoms with E-state index in [0.29, 0.717) is 6.42 Å². The summed E-state index contributed by atoms with van der Waals surface area (Å²) >= 11 is 0. The first-order valence-corrected chi connectivity index (χ1v) is 9.26. The molecule has 0 spiro atoms. The van der Waals surface area contributed by atoms with Crippen molar-refractivity contribution in [2.24, 2.45) is 7.05 Å². The van der Waals surface area contributed by atoms with E-state index in [1.807, 2.05) is 43.2 Å². The quantitative estimate of drug-likeness (QED) is 0.856. The van der Waals surface area contributed by atoms with Gasteiger partial charge in [-0.2, -0.15) is 5.10 Å². The standard InChI is InChI=1S/C20H28N4O/c1-15-18(16(2)23(3)22-15)8-9-20(25)24-14-6-4-5-7-19(24)17-10-12-21-13-11-17/h10-13,19H,4-9,14H2,1-3H3/t19-/m0/s1. The zero-order chi connectivity index (χ0) is 17.8. The predicted molar refractivity (Wildman–Crippen MR) is 98.2 cm³/mol. The predicted octanol–water partition coefficient (Wildman–Crippen LogP) is 3.51. The van der Waals surface area contributed by atoms with E-state index in [2.05, 4.69) is 21.9 Å². The number of nitrogens with zero attached hydrogens (tertiary/aromatic N) is 4. The number of amides is 1. The lowest BCUT2D eigenvalue weighted by Crippen LogP contribution is -2.35. The third-order valence-electron chi connectivity index (χ3n) is 5.41. The maximum absolute atomic E-state index is 13.0. The molecule has 2 aromatic heterocycles. The van der Waals surface area contributed by atoms with Gasteiger partial charge >= 0.3 is 0 Å². The van der Waals surface area contributed by atoms with E-state index in [9.17, 15) is 4.79 Å². The Labute approximate surface area is 150 Å². The largest absolute Gasteiger partial charge is 0.336 e. The maximum Gasteiger partial charge on any atom is 0.223 e. The molecule has 0 unspecified atom stereocenters. The van der Waals surface area contributed by atoms with Crippen molar-refractivity contribution in [3.8, 4) is 0 Å². The lowest BCUT2D eigenvalue weighted by atomic mass is 10.0. The Hall–Kier alpha value is -2.17. The van der Waals surface area contributed by atoms with E-state index in [-0.39, 0.29) is 11.9 Å². The van der Waals surface area contributed by atoms with E-state index < -0.39 is 0 Å². The van der Waals surface area contributed by atoms with Gasteiger partial charge < -0.3 is 4.90 Å². The molecule has 1 saturated heterocycles. The van der Waals surface area contributed by atoms with E-state index in [0.717, 1.165) is 37.2 Å². The van der Waals surface area contributed by atoms with Gasteiger partial charge in [-0.1, -0.05) is 12.8 Å². The van der Waals surface area contributed by atoms with Crippen molar-refractivity contribution in [3.05, 3.63) is 47.0 Å². The summed E-state index contributed by atoms with van der Waals surface area (Å²) in [4.78, 5) is 19.2. The summed E-state index contributed by atoms with van der Waals surface area (Å²) in [6.45, 7) is 4.96. The molecule has 1 amide bonds. The van der Waals surface area contributed by atoms with Crippen LogP contribution >= 0.6 is 0 Å². The molecule has 25 heavy (non-hydrogen) atoms. The van der Waals surface area contributed by atoms with Crippen LogP contribution in [0.25, 0.3) is 0 Å². The number of hydrogen-bond donors (Lipinski definition) is 0. The first kappa shape index (κ1) is 17.6. The zero-order valence-corrected chi connectivity index (χ0v) is 15.5. The van der Waals surface area contributed by atoms with Gasteiger partial charge in [-0.25, -0.2) is 0 Å². The maximum atomic E-state index is 13.0. The van der Waals surface area contributed by atoms with Gasteiger partial charge in [0, 0.05) is 38.1 Å². The molecule has 1 atom stereocenters. The zero-order valence-electron chi connectivity index (χ0n) is 15.5. The van der Waals surface area contributed by atoms with Crippen LogP contribution in [-0.2, 0) is 18.3 Å². The summed E-state index contributed by atoms with van der Waals surface area (Å²) in [6, 6.07) is 4.28. The first-order valence-electron chi connectivity index (χ1n) is 9.26. The van der Waals surface area contributed by atoms with Gasteiger partial charge in [0.1, 0.15) is 0 Å². The molecule has 1 fully saturated rings. The number of aryl methyl sites for hydroxylation is 2. The van der Waals surface area contributed by atoms with Crippen molar-refractivity contribution in [2.45, 2.75) is 58.4 Å². The van der Waals surface area contributed by atoms with Crippen LogP contribution in [0, 0.1) is 13.8 Å². The summed E-state index contributed by atoms with van der Waals surface area (Å²) in [5, 5.41) is 4.46. The fourth-order valence-electron chi connectivity index (χ4n) is 3.89. The van der Waals surface area contributed by atoms with Crippen molar-refractivity contribution in [1.82, 2.24) is 19.7 Å². The molecule has 0 bridgehead atoms. The second-order valence-corrected chi connectivity index (χ2v) is 7.01. The van der Waals surface area contributed by atoms with E-state index >= 15 is 0 Å². The highest BCUT2D eigenvalue weighted by Crippen LogP contribution is 2.30. The Balaban J connectivity index is 1.74. The molecule has 1 aliphatic heterocycles. The third kappa shape index (κ3) is 3.91. The highest BCUT2D eigenvalue weighted by atomic mass is 16.2. The van der Waals surface area contributed by atoms with Gasteiger partial charge in [0.25, 0.3) is 0 Å². The lowest BCUT2D eigenvalue weighted by Gasteiger charge is -2.30. The molecule has 0 saturated carbocycles. The molecular formula is C20H28N4O. The molecule has 5 heteroatoms. The Bertz CT molecular complexity index is 723. The molecule has 3 heterocycles. The van der Waals surface area contributed by atoms with Crippen molar-refractivity contribution >= 4 is 5.91 Å². The Kier molecular flexibility index (Phi) is 5.51. The number of carbonyl (C=O) groups excluding carboxylic acids is 1. The number of pyridine rings is 1. The normalized spacial score (nSPS) is 18.2. The second-order valence-electron chi connectivity index (χ2n) is 7.01. The Morgan fingerprint density at radius 3 is 2.64 bits per heavy atom. The first-order chi connectivity index (χ1) is 12.1. The van der Waals surface area contributed by atoms with Gasteiger partial charge in [0.2, 0.25) is 5.91 Å². The molecule has 5 nitrogen and oxygen atoms in total. The van der Waals surface area contributed by atoms with Crippen molar-refractivity contribution in [2.75, 3.05) is 6.54 Å². The second kappa shape index (κ2) is 7.81. The number of rotatable bonds is 4. The topological polar surface area (TPSA) is 51.0 Å². The van der Waals surface area contributed by atoms with Crippen LogP contribution in [-0.4, -0.2) is 32.1 Å². The van der Waals surface area contributed by atoms with Crippen molar-refractivity contribution < 1.29 is 4.79 Å². The SMILES string of the molecule is Cc1nn(C)c(C)c1CCC(=O)N1CCCCC[C@H]1c1ccncc1. The van der Waals surface area contributed by atoms with E-state index in [4.69, 9.17) is 0 Å². The van der Waals surface area contributed by atoms with Crippen LogP contribution in [0.4, 0.5) is 0 Å². The van der Waals surface area contributed by atoms with Crippen LogP contribution < -0.4 is 0 Å². The van der Waals surface area contributed by atoms with E-state index in [1.165, 1.54) is 24.0 Å². The van der Waals surface area contributed by atoms with Gasteiger partial charge in [0.15, 0.2) is 0 Å².